The van der Waals surface area contributed by atoms with E-state index in [1.807, 2.05) is 22.5 Å². The largest absolute Gasteiger partial charge is 0.368 e. The zero-order valence-electron chi connectivity index (χ0n) is 18.8. The van der Waals surface area contributed by atoms with Gasteiger partial charge in [-0.05, 0) is 49.4 Å². The number of sulfonamides is 1. The molecule has 0 spiro atoms. The van der Waals surface area contributed by atoms with E-state index in [1.54, 1.807) is 42.6 Å². The second-order valence-corrected chi connectivity index (χ2v) is 10.7. The van der Waals surface area contributed by atoms with Crippen LogP contribution >= 0.6 is 11.5 Å². The first-order valence-electron chi connectivity index (χ1n) is 11.0. The summed E-state index contributed by atoms with van der Waals surface area (Å²) in [6.07, 6.45) is 3.04. The molecule has 12 heteroatoms. The summed E-state index contributed by atoms with van der Waals surface area (Å²) in [5, 5.41) is 0.711. The number of amides is 1. The normalized spacial score (nSPS) is 15.4. The Morgan fingerprint density at radius 3 is 2.51 bits per heavy atom. The van der Waals surface area contributed by atoms with Gasteiger partial charge in [0.05, 0.1) is 10.4 Å². The number of hydrogen-bond acceptors (Lipinski definition) is 7. The summed E-state index contributed by atoms with van der Waals surface area (Å²) in [4.78, 5) is 21.1. The molecule has 1 aliphatic rings. The molecule has 9 nitrogen and oxygen atoms in total. The van der Waals surface area contributed by atoms with Gasteiger partial charge in [-0.3, -0.25) is 9.52 Å². The zero-order valence-corrected chi connectivity index (χ0v) is 20.5. The molecular formula is C23H23FN6O3S2. The molecule has 1 fully saturated rings. The van der Waals surface area contributed by atoms with Crippen molar-refractivity contribution in [2.75, 3.05) is 35.8 Å². The number of carbonyl (C=O) groups is 1. The highest BCUT2D eigenvalue weighted by atomic mass is 32.2. The topological polar surface area (TPSA) is 100 Å². The molecule has 1 atom stereocenters. The first-order valence-corrected chi connectivity index (χ1v) is 13.3. The molecule has 2 aromatic heterocycles. The van der Waals surface area contributed by atoms with E-state index in [-0.39, 0.29) is 21.8 Å². The fraction of sp³-hybridized carbons (Fsp3) is 0.261. The highest BCUT2D eigenvalue weighted by molar-refractivity contribution is 7.93. The number of halogens is 1. The van der Waals surface area contributed by atoms with Gasteiger partial charge in [-0.1, -0.05) is 6.07 Å². The molecule has 2 aromatic carbocycles. The van der Waals surface area contributed by atoms with Crippen LogP contribution in [0.2, 0.25) is 0 Å². The van der Waals surface area contributed by atoms with Crippen molar-refractivity contribution in [2.45, 2.75) is 17.9 Å². The number of nitrogens with zero attached hydrogens (tertiary/aromatic N) is 5. The second kappa shape index (κ2) is 9.27. The van der Waals surface area contributed by atoms with Crippen molar-refractivity contribution >= 4 is 49.2 Å². The average molecular weight is 515 g/mol. The van der Waals surface area contributed by atoms with Crippen LogP contribution in [0.1, 0.15) is 13.0 Å². The van der Waals surface area contributed by atoms with Gasteiger partial charge in [0.1, 0.15) is 18.2 Å². The van der Waals surface area contributed by atoms with Crippen molar-refractivity contribution in [2.24, 2.45) is 0 Å². The van der Waals surface area contributed by atoms with Crippen LogP contribution < -0.4 is 9.62 Å². The van der Waals surface area contributed by atoms with Crippen LogP contribution in [0, 0.1) is 5.82 Å². The Morgan fingerprint density at radius 1 is 1.09 bits per heavy atom. The molecule has 0 saturated carbocycles. The van der Waals surface area contributed by atoms with Gasteiger partial charge in [0.2, 0.25) is 11.0 Å². The van der Waals surface area contributed by atoms with E-state index in [2.05, 4.69) is 19.0 Å². The van der Waals surface area contributed by atoms with E-state index < -0.39 is 16.1 Å². The van der Waals surface area contributed by atoms with Gasteiger partial charge in [0.15, 0.2) is 0 Å². The van der Waals surface area contributed by atoms with Gasteiger partial charge in [-0.15, -0.1) is 0 Å². The van der Waals surface area contributed by atoms with Crippen LogP contribution in [0.15, 0.2) is 66.0 Å². The van der Waals surface area contributed by atoms with Crippen LogP contribution in [-0.4, -0.2) is 59.3 Å². The van der Waals surface area contributed by atoms with E-state index in [4.69, 9.17) is 0 Å². The maximum atomic E-state index is 14.0. The minimum Gasteiger partial charge on any atom is -0.368 e. The lowest BCUT2D eigenvalue weighted by atomic mass is 10.2. The fourth-order valence-corrected chi connectivity index (χ4v) is 5.95. The predicted octanol–water partition coefficient (Wildman–Crippen LogP) is 3.34. The summed E-state index contributed by atoms with van der Waals surface area (Å²) in [6, 6.07) is 12.7. The number of hydrogen-bond donors (Lipinski definition) is 1. The lowest BCUT2D eigenvalue weighted by molar-refractivity contribution is -0.134. The number of aromatic nitrogens is 3. The Labute approximate surface area is 206 Å². The summed E-state index contributed by atoms with van der Waals surface area (Å²) < 4.78 is 47.1. The van der Waals surface area contributed by atoms with Crippen molar-refractivity contribution in [3.8, 4) is 0 Å². The molecule has 1 aliphatic heterocycles. The molecule has 0 radical (unpaired) electrons. The number of rotatable bonds is 6. The number of piperazine rings is 1. The molecule has 1 unspecified atom stereocenters. The predicted molar refractivity (Wildman–Crippen MR) is 133 cm³/mol. The van der Waals surface area contributed by atoms with Crippen LogP contribution in [0.3, 0.4) is 0 Å². The van der Waals surface area contributed by atoms with Gasteiger partial charge in [-0.2, -0.15) is 4.37 Å². The summed E-state index contributed by atoms with van der Waals surface area (Å²) >= 11 is 0.965. The van der Waals surface area contributed by atoms with E-state index in [0.717, 1.165) is 17.2 Å². The first kappa shape index (κ1) is 23.2. The minimum absolute atomic E-state index is 0.0180. The van der Waals surface area contributed by atoms with Gasteiger partial charge in [-0.25, -0.2) is 17.8 Å². The van der Waals surface area contributed by atoms with E-state index >= 15 is 0 Å². The van der Waals surface area contributed by atoms with Crippen molar-refractivity contribution < 1.29 is 17.6 Å². The van der Waals surface area contributed by atoms with Gasteiger partial charge >= 0.3 is 0 Å². The molecular weight excluding hydrogens is 491 g/mol. The smallest absolute Gasteiger partial charge is 0.263 e. The fourth-order valence-electron chi connectivity index (χ4n) is 4.28. The zero-order chi connectivity index (χ0) is 24.6. The van der Waals surface area contributed by atoms with Crippen molar-refractivity contribution in [1.82, 2.24) is 18.8 Å². The van der Waals surface area contributed by atoms with Gasteiger partial charge < -0.3 is 14.4 Å². The molecule has 0 bridgehead atoms. The van der Waals surface area contributed by atoms with Crippen LogP contribution in [0.4, 0.5) is 15.2 Å². The van der Waals surface area contributed by atoms with Crippen LogP contribution in [-0.2, 0) is 14.8 Å². The highest BCUT2D eigenvalue weighted by Gasteiger charge is 2.27. The lowest BCUT2D eigenvalue weighted by Crippen LogP contribution is -2.50. The average Bonchev–Trinajstić information content (AvgIpc) is 3.54. The quantitative estimate of drug-likeness (QED) is 0.424. The van der Waals surface area contributed by atoms with Gasteiger partial charge in [0, 0.05) is 55.0 Å². The third kappa shape index (κ3) is 4.58. The molecule has 5 rings (SSSR count). The maximum Gasteiger partial charge on any atom is 0.263 e. The number of fused-ring (bicyclic) bond motifs is 1. The first-order chi connectivity index (χ1) is 16.8. The van der Waals surface area contributed by atoms with E-state index in [9.17, 15) is 17.6 Å². The Bertz CT molecular complexity index is 1450. The molecule has 0 aliphatic carbocycles. The standard InChI is InChI=1S/C23H23FN6O3S2/c1-16(30-10-9-19-20(24)3-2-4-21(19)30)22(31)29-13-11-28(12-14-29)17-5-7-18(8-6-17)35(32,33)27-23-25-15-26-34-23/h2-10,15-16H,11-14H2,1H3,(H,25,26,27). The number of nitrogens with one attached hydrogen (secondary N) is 1. The Balaban J connectivity index is 1.22. The Morgan fingerprint density at radius 2 is 1.83 bits per heavy atom. The second-order valence-electron chi connectivity index (χ2n) is 8.23. The minimum atomic E-state index is -3.74. The van der Waals surface area contributed by atoms with E-state index in [1.165, 1.54) is 12.4 Å². The summed E-state index contributed by atoms with van der Waals surface area (Å²) in [5.74, 6) is -0.320. The van der Waals surface area contributed by atoms with Crippen LogP contribution in [0.25, 0.3) is 10.9 Å². The SMILES string of the molecule is CC(C(=O)N1CCN(c2ccc(S(=O)(=O)Nc3ncns3)cc2)CC1)n1ccc2c(F)cccc21. The number of anilines is 2. The molecule has 35 heavy (non-hydrogen) atoms. The summed E-state index contributed by atoms with van der Waals surface area (Å²) in [5.41, 5.74) is 1.58. The molecule has 182 valence electrons. The highest BCUT2D eigenvalue weighted by Crippen LogP contribution is 2.25. The molecule has 1 N–H and O–H groups in total. The van der Waals surface area contributed by atoms with Gasteiger partial charge in [0.25, 0.3) is 10.0 Å². The Hall–Kier alpha value is -3.51. The van der Waals surface area contributed by atoms with Crippen molar-refractivity contribution in [3.05, 3.63) is 66.9 Å². The molecule has 1 amide bonds. The van der Waals surface area contributed by atoms with Crippen LogP contribution in [0.5, 0.6) is 0 Å². The van der Waals surface area contributed by atoms with E-state index in [0.29, 0.717) is 37.1 Å². The molecule has 1 saturated heterocycles. The monoisotopic (exact) mass is 514 g/mol. The third-order valence-electron chi connectivity index (χ3n) is 6.17. The summed E-state index contributed by atoms with van der Waals surface area (Å²) in [6.45, 7) is 4.14. The summed E-state index contributed by atoms with van der Waals surface area (Å²) in [7, 11) is -3.74. The number of carbonyl (C=O) groups excluding carboxylic acids is 1. The molecule has 3 heterocycles. The third-order valence-corrected chi connectivity index (χ3v) is 8.24. The Kier molecular flexibility index (Phi) is 6.15. The lowest BCUT2D eigenvalue weighted by Gasteiger charge is -2.37. The maximum absolute atomic E-state index is 14.0. The number of benzene rings is 2. The van der Waals surface area contributed by atoms with Crippen molar-refractivity contribution in [1.29, 1.82) is 0 Å². The molecule has 4 aromatic rings. The van der Waals surface area contributed by atoms with Crippen molar-refractivity contribution in [3.63, 3.8) is 0 Å².